The average molecular weight is 455 g/mol. The lowest BCUT2D eigenvalue weighted by Gasteiger charge is -2.51. The van der Waals surface area contributed by atoms with Crippen LogP contribution in [-0.4, -0.2) is 36.6 Å². The first-order chi connectivity index (χ1) is 16.6. The molecule has 1 fully saturated rings. The minimum absolute atomic E-state index is 0.0597. The number of nitrogens with one attached hydrogen (secondary N) is 1. The molecule has 3 nitrogen and oxygen atoms in total. The molecule has 0 saturated carbocycles. The second-order valence-corrected chi connectivity index (χ2v) is 10.0. The molecule has 6 rings (SSSR count). The van der Waals surface area contributed by atoms with E-state index in [1.54, 1.807) is 19.2 Å². The molecule has 2 atom stereocenters. The Morgan fingerprint density at radius 1 is 1.06 bits per heavy atom. The van der Waals surface area contributed by atoms with E-state index >= 15 is 0 Å². The first-order valence-corrected chi connectivity index (χ1v) is 12.3. The summed E-state index contributed by atoms with van der Waals surface area (Å²) in [6.07, 6.45) is 4.17. The van der Waals surface area contributed by atoms with Gasteiger partial charge in [0.15, 0.2) is 0 Å². The normalized spacial score (nSPS) is 22.4. The smallest absolute Gasteiger partial charge is 0.125 e. The molecule has 2 aliphatic rings. The van der Waals surface area contributed by atoms with Crippen molar-refractivity contribution < 1.29 is 9.13 Å². The molecular weight excluding hydrogens is 423 g/mol. The number of aromatic amines is 1. The number of likely N-dealkylation sites (tertiary alicyclic amines) is 1. The molecule has 2 heterocycles. The molecular formula is C30H31FN2O. The summed E-state index contributed by atoms with van der Waals surface area (Å²) in [5.74, 6) is 1.24. The van der Waals surface area contributed by atoms with E-state index in [9.17, 15) is 4.39 Å². The molecule has 0 bridgehead atoms. The highest BCUT2D eigenvalue weighted by Gasteiger charge is 2.48. The second kappa shape index (κ2) is 8.59. The number of hydrogen-bond donors (Lipinski definition) is 1. The van der Waals surface area contributed by atoms with Gasteiger partial charge in [0, 0.05) is 35.1 Å². The predicted octanol–water partition coefficient (Wildman–Crippen LogP) is 5.92. The van der Waals surface area contributed by atoms with Crippen molar-refractivity contribution in [1.29, 1.82) is 0 Å². The van der Waals surface area contributed by atoms with E-state index in [4.69, 9.17) is 4.74 Å². The van der Waals surface area contributed by atoms with Crippen LogP contribution < -0.4 is 4.74 Å². The van der Waals surface area contributed by atoms with Crippen LogP contribution in [0.1, 0.15) is 28.8 Å². The van der Waals surface area contributed by atoms with Crippen LogP contribution in [0, 0.1) is 11.7 Å². The summed E-state index contributed by atoms with van der Waals surface area (Å²) in [4.78, 5) is 6.23. The third-order valence-electron chi connectivity index (χ3n) is 8.24. The first kappa shape index (κ1) is 21.4. The topological polar surface area (TPSA) is 28.3 Å². The second-order valence-electron chi connectivity index (χ2n) is 10.0. The summed E-state index contributed by atoms with van der Waals surface area (Å²) in [6.45, 7) is 3.25. The van der Waals surface area contributed by atoms with E-state index in [0.29, 0.717) is 5.92 Å². The lowest BCUT2D eigenvalue weighted by molar-refractivity contribution is 0.0822. The summed E-state index contributed by atoms with van der Waals surface area (Å²) < 4.78 is 19.6. The molecule has 0 spiro atoms. The lowest BCUT2D eigenvalue weighted by Crippen LogP contribution is -2.54. The van der Waals surface area contributed by atoms with Gasteiger partial charge in [0.25, 0.3) is 0 Å². The molecule has 4 heteroatoms. The van der Waals surface area contributed by atoms with Gasteiger partial charge >= 0.3 is 0 Å². The minimum atomic E-state index is -0.182. The molecule has 1 aromatic heterocycles. The zero-order chi connectivity index (χ0) is 23.1. The predicted molar refractivity (Wildman–Crippen MR) is 135 cm³/mol. The van der Waals surface area contributed by atoms with Gasteiger partial charge in [-0.15, -0.1) is 0 Å². The number of piperidine rings is 1. The minimum Gasteiger partial charge on any atom is -0.497 e. The number of methoxy groups -OCH3 is 1. The number of fused-ring (bicyclic) bond motifs is 4. The fourth-order valence-electron chi connectivity index (χ4n) is 6.41. The van der Waals surface area contributed by atoms with Gasteiger partial charge in [-0.1, -0.05) is 42.5 Å². The largest absolute Gasteiger partial charge is 0.497 e. The molecule has 174 valence electrons. The van der Waals surface area contributed by atoms with E-state index < -0.39 is 0 Å². The van der Waals surface area contributed by atoms with E-state index in [0.717, 1.165) is 56.6 Å². The fourth-order valence-corrected chi connectivity index (χ4v) is 6.41. The van der Waals surface area contributed by atoms with Gasteiger partial charge in [-0.05, 0) is 85.2 Å². The first-order valence-electron chi connectivity index (χ1n) is 12.3. The van der Waals surface area contributed by atoms with Gasteiger partial charge in [0.1, 0.15) is 11.6 Å². The molecule has 34 heavy (non-hydrogen) atoms. The number of hydrogen-bond acceptors (Lipinski definition) is 2. The van der Waals surface area contributed by atoms with Gasteiger partial charge in [-0.3, -0.25) is 0 Å². The fraction of sp³-hybridized carbons (Fsp3) is 0.333. The maximum absolute atomic E-state index is 14.0. The SMILES string of the molecule is COc1cccc([C@]23CCN(CCc4ccccc4)CC2Cc2c([nH]c4cc(F)ccc24)C3)c1. The number of benzene rings is 3. The summed E-state index contributed by atoms with van der Waals surface area (Å²) in [5.41, 5.74) is 6.41. The van der Waals surface area contributed by atoms with Crippen LogP contribution in [0.25, 0.3) is 10.9 Å². The van der Waals surface area contributed by atoms with Crippen molar-refractivity contribution in [2.45, 2.75) is 31.1 Å². The summed E-state index contributed by atoms with van der Waals surface area (Å²) in [5, 5.41) is 1.18. The van der Waals surface area contributed by atoms with Crippen LogP contribution in [0.2, 0.25) is 0 Å². The Bertz CT molecular complexity index is 1310. The number of aromatic nitrogens is 1. The van der Waals surface area contributed by atoms with Crippen LogP contribution in [-0.2, 0) is 24.7 Å². The standard InChI is InChI=1S/C30H31FN2O/c1-34-25-9-5-8-22(16-25)30-13-15-33(14-12-21-6-3-2-4-7-21)20-23(30)17-27-26-11-10-24(31)18-28(26)32-29(27)19-30/h2-11,16,18,23,32H,12-15,17,19-20H2,1H3/t23?,30-/m1/s1. The van der Waals surface area contributed by atoms with Crippen molar-refractivity contribution in [3.8, 4) is 5.75 Å². The Morgan fingerprint density at radius 2 is 1.94 bits per heavy atom. The molecule has 4 aromatic rings. The Kier molecular flexibility index (Phi) is 5.41. The molecule has 1 unspecified atom stereocenters. The van der Waals surface area contributed by atoms with Gasteiger partial charge in [-0.25, -0.2) is 4.39 Å². The zero-order valence-electron chi connectivity index (χ0n) is 19.7. The quantitative estimate of drug-likeness (QED) is 0.406. The Hall–Kier alpha value is -3.11. The highest BCUT2D eigenvalue weighted by molar-refractivity contribution is 5.85. The summed E-state index contributed by atoms with van der Waals surface area (Å²) in [7, 11) is 1.74. The molecule has 1 saturated heterocycles. The highest BCUT2D eigenvalue weighted by Crippen LogP contribution is 2.49. The van der Waals surface area contributed by atoms with E-state index in [2.05, 4.69) is 58.4 Å². The Labute approximate surface area is 200 Å². The van der Waals surface area contributed by atoms with Crippen molar-refractivity contribution >= 4 is 10.9 Å². The molecule has 1 N–H and O–H groups in total. The Balaban J connectivity index is 1.35. The van der Waals surface area contributed by atoms with E-state index in [-0.39, 0.29) is 11.2 Å². The molecule has 1 aliphatic heterocycles. The Morgan fingerprint density at radius 3 is 2.79 bits per heavy atom. The van der Waals surface area contributed by atoms with Crippen LogP contribution in [0.5, 0.6) is 5.75 Å². The molecule has 3 aromatic carbocycles. The van der Waals surface area contributed by atoms with Crippen molar-refractivity contribution in [3.63, 3.8) is 0 Å². The number of nitrogens with zero attached hydrogens (tertiary/aromatic N) is 1. The maximum Gasteiger partial charge on any atom is 0.125 e. The molecule has 0 radical (unpaired) electrons. The average Bonchev–Trinajstić information content (AvgIpc) is 3.22. The van der Waals surface area contributed by atoms with E-state index in [1.807, 2.05) is 12.1 Å². The third kappa shape index (κ3) is 3.70. The lowest BCUT2D eigenvalue weighted by atomic mass is 9.58. The zero-order valence-corrected chi connectivity index (χ0v) is 19.7. The number of rotatable bonds is 5. The maximum atomic E-state index is 14.0. The number of H-pyrrole nitrogens is 1. The van der Waals surface area contributed by atoms with Crippen LogP contribution >= 0.6 is 0 Å². The van der Waals surface area contributed by atoms with Crippen LogP contribution in [0.4, 0.5) is 4.39 Å². The van der Waals surface area contributed by atoms with Gasteiger partial charge in [0.05, 0.1) is 7.11 Å². The van der Waals surface area contributed by atoms with Crippen LogP contribution in [0.15, 0.2) is 72.8 Å². The van der Waals surface area contributed by atoms with Crippen molar-refractivity contribution in [2.24, 2.45) is 5.92 Å². The van der Waals surface area contributed by atoms with Gasteiger partial charge in [-0.2, -0.15) is 0 Å². The highest BCUT2D eigenvalue weighted by atomic mass is 19.1. The van der Waals surface area contributed by atoms with Gasteiger partial charge < -0.3 is 14.6 Å². The molecule has 0 amide bonds. The number of halogens is 1. The summed E-state index contributed by atoms with van der Waals surface area (Å²) >= 11 is 0. The van der Waals surface area contributed by atoms with Gasteiger partial charge in [0.2, 0.25) is 0 Å². The number of ether oxygens (including phenoxy) is 1. The summed E-state index contributed by atoms with van der Waals surface area (Å²) in [6, 6.07) is 24.6. The van der Waals surface area contributed by atoms with Crippen molar-refractivity contribution in [2.75, 3.05) is 26.7 Å². The van der Waals surface area contributed by atoms with E-state index in [1.165, 1.54) is 27.8 Å². The molecule has 1 aliphatic carbocycles. The van der Waals surface area contributed by atoms with Crippen molar-refractivity contribution in [1.82, 2.24) is 9.88 Å². The van der Waals surface area contributed by atoms with Crippen LogP contribution in [0.3, 0.4) is 0 Å². The third-order valence-corrected chi connectivity index (χ3v) is 8.24. The monoisotopic (exact) mass is 454 g/mol. The van der Waals surface area contributed by atoms with Crippen molar-refractivity contribution in [3.05, 3.63) is 101 Å².